The van der Waals surface area contributed by atoms with Crippen LogP contribution < -0.4 is 19.7 Å². The number of allylic oxidation sites excluding steroid dienone is 1. The van der Waals surface area contributed by atoms with Crippen molar-refractivity contribution in [2.75, 3.05) is 24.4 Å². The number of hydrogen-bond acceptors (Lipinski definition) is 6. The number of ketones is 2. The lowest BCUT2D eigenvalue weighted by atomic mass is 9.63. The molecule has 0 aromatic heterocycles. The molecule has 1 saturated heterocycles. The molecule has 220 valence electrons. The first-order valence-corrected chi connectivity index (χ1v) is 14.7. The monoisotopic (exact) mass is 584 g/mol. The molecule has 3 aliphatic rings. The first kappa shape index (κ1) is 27.7. The quantitative estimate of drug-likeness (QED) is 0.270. The molecule has 3 aliphatic heterocycles. The molecule has 4 aromatic rings. The van der Waals surface area contributed by atoms with Gasteiger partial charge in [0, 0.05) is 22.5 Å². The molecule has 0 aliphatic carbocycles. The van der Waals surface area contributed by atoms with E-state index in [1.54, 1.807) is 30.3 Å². The van der Waals surface area contributed by atoms with Crippen molar-refractivity contribution < 1.29 is 23.9 Å². The number of anilines is 2. The highest BCUT2D eigenvalue weighted by molar-refractivity contribution is 6.19. The number of amides is 1. The van der Waals surface area contributed by atoms with E-state index in [4.69, 9.17) is 9.47 Å². The van der Waals surface area contributed by atoms with Gasteiger partial charge in [-0.1, -0.05) is 66.2 Å². The predicted octanol–water partition coefficient (Wildman–Crippen LogP) is 6.26. The number of Topliss-reactive ketones (excluding diaryl/α,β-unsaturated/α-hetero) is 2. The van der Waals surface area contributed by atoms with Crippen molar-refractivity contribution in [3.8, 4) is 11.5 Å². The van der Waals surface area contributed by atoms with Crippen LogP contribution in [-0.4, -0.2) is 43.8 Å². The van der Waals surface area contributed by atoms with Crippen molar-refractivity contribution >= 4 is 34.4 Å². The maximum atomic E-state index is 15.2. The lowest BCUT2D eigenvalue weighted by Crippen LogP contribution is -2.51. The zero-order valence-electron chi connectivity index (χ0n) is 25.0. The maximum Gasteiger partial charge on any atom is 0.238 e. The summed E-state index contributed by atoms with van der Waals surface area (Å²) in [4.78, 5) is 46.7. The van der Waals surface area contributed by atoms with E-state index >= 15 is 4.79 Å². The fourth-order valence-electron chi connectivity index (χ4n) is 7.49. The SMILES string of the molecule is COc1ccc(OC)c(C(=O)[C@@H]2[C@@H](C(=O)c3ccccc3)N3c4ccc(C)cc4C(C)=C[C@@H]3[C@@]23C(=O)Nc2ccccc23)c1. The molecule has 0 unspecified atom stereocenters. The van der Waals surface area contributed by atoms with Crippen LogP contribution >= 0.6 is 0 Å². The lowest BCUT2D eigenvalue weighted by Gasteiger charge is -2.39. The second-order valence-corrected chi connectivity index (χ2v) is 11.7. The van der Waals surface area contributed by atoms with E-state index in [0.29, 0.717) is 28.3 Å². The van der Waals surface area contributed by atoms with Gasteiger partial charge in [-0.05, 0) is 61.4 Å². The van der Waals surface area contributed by atoms with E-state index in [9.17, 15) is 9.59 Å². The third-order valence-electron chi connectivity index (χ3n) is 9.41. The van der Waals surface area contributed by atoms with Crippen LogP contribution in [0, 0.1) is 12.8 Å². The van der Waals surface area contributed by atoms with Crippen LogP contribution in [0.15, 0.2) is 97.1 Å². The lowest BCUT2D eigenvalue weighted by molar-refractivity contribution is -0.121. The molecule has 0 radical (unpaired) electrons. The van der Waals surface area contributed by atoms with Gasteiger partial charge in [0.2, 0.25) is 5.91 Å². The molecule has 44 heavy (non-hydrogen) atoms. The van der Waals surface area contributed by atoms with E-state index < -0.39 is 23.4 Å². The van der Waals surface area contributed by atoms with E-state index in [2.05, 4.69) is 17.5 Å². The number of hydrogen-bond donors (Lipinski definition) is 1. The number of benzene rings is 4. The van der Waals surface area contributed by atoms with Gasteiger partial charge < -0.3 is 19.7 Å². The molecule has 4 atom stereocenters. The minimum absolute atomic E-state index is 0.232. The molecule has 1 spiro atoms. The fourth-order valence-corrected chi connectivity index (χ4v) is 7.49. The molecular weight excluding hydrogens is 552 g/mol. The van der Waals surface area contributed by atoms with Gasteiger partial charge in [0.15, 0.2) is 11.6 Å². The first-order chi connectivity index (χ1) is 21.3. The number of rotatable bonds is 6. The number of aryl methyl sites for hydroxylation is 1. The van der Waals surface area contributed by atoms with Crippen molar-refractivity contribution in [1.82, 2.24) is 0 Å². The number of para-hydroxylation sites is 1. The Hall–Kier alpha value is -5.17. The standard InChI is InChI=1S/C37H32N2O5/c1-21-14-16-29-25(18-21)22(2)19-31-37(27-12-8-9-13-28(27)38-36(37)42)32(33(39(29)31)34(40)23-10-6-5-7-11-23)35(41)26-20-24(43-3)15-17-30(26)44-4/h5-20,31-33H,1-4H3,(H,38,42)/t31-,32+,33+,37-/m1/s1. The average molecular weight is 585 g/mol. The molecular formula is C37H32N2O5. The summed E-state index contributed by atoms with van der Waals surface area (Å²) in [5, 5.41) is 3.08. The fraction of sp³-hybridized carbons (Fsp3) is 0.216. The summed E-state index contributed by atoms with van der Waals surface area (Å²) in [5.74, 6) is -1.20. The molecule has 3 heterocycles. The molecule has 1 amide bonds. The van der Waals surface area contributed by atoms with Gasteiger partial charge in [0.05, 0.1) is 31.7 Å². The van der Waals surface area contributed by atoms with Gasteiger partial charge in [-0.3, -0.25) is 14.4 Å². The maximum absolute atomic E-state index is 15.2. The Bertz CT molecular complexity index is 1880. The summed E-state index contributed by atoms with van der Waals surface area (Å²) in [6.45, 7) is 4.05. The van der Waals surface area contributed by atoms with Gasteiger partial charge >= 0.3 is 0 Å². The van der Waals surface area contributed by atoms with Crippen LogP contribution in [0.4, 0.5) is 11.4 Å². The van der Waals surface area contributed by atoms with Crippen LogP contribution in [-0.2, 0) is 10.2 Å². The predicted molar refractivity (Wildman–Crippen MR) is 170 cm³/mol. The first-order valence-electron chi connectivity index (χ1n) is 14.7. The van der Waals surface area contributed by atoms with Crippen molar-refractivity contribution in [3.05, 3.63) is 125 Å². The second-order valence-electron chi connectivity index (χ2n) is 11.7. The smallest absolute Gasteiger partial charge is 0.238 e. The Morgan fingerprint density at radius 1 is 0.841 bits per heavy atom. The van der Waals surface area contributed by atoms with Crippen molar-refractivity contribution in [2.45, 2.75) is 31.3 Å². The Kier molecular flexibility index (Phi) is 6.43. The number of ether oxygens (including phenoxy) is 2. The molecule has 4 aromatic carbocycles. The van der Waals surface area contributed by atoms with E-state index in [1.165, 1.54) is 14.2 Å². The Balaban J connectivity index is 1.57. The van der Waals surface area contributed by atoms with Gasteiger partial charge in [-0.15, -0.1) is 0 Å². The summed E-state index contributed by atoms with van der Waals surface area (Å²) in [5.41, 5.74) is 4.50. The number of carbonyl (C=O) groups excluding carboxylic acids is 3. The summed E-state index contributed by atoms with van der Waals surface area (Å²) in [6, 6.07) is 26.0. The zero-order valence-corrected chi connectivity index (χ0v) is 25.0. The van der Waals surface area contributed by atoms with Crippen LogP contribution in [0.3, 0.4) is 0 Å². The number of fused-ring (bicyclic) bond motifs is 6. The van der Waals surface area contributed by atoms with Gasteiger partial charge in [-0.2, -0.15) is 0 Å². The minimum atomic E-state index is -1.42. The van der Waals surface area contributed by atoms with Crippen molar-refractivity contribution in [1.29, 1.82) is 0 Å². The largest absolute Gasteiger partial charge is 0.497 e. The van der Waals surface area contributed by atoms with Crippen LogP contribution in [0.1, 0.15) is 44.3 Å². The number of nitrogens with one attached hydrogen (secondary N) is 1. The summed E-state index contributed by atoms with van der Waals surface area (Å²) in [6.07, 6.45) is 2.06. The average Bonchev–Trinajstić information content (AvgIpc) is 3.52. The van der Waals surface area contributed by atoms with Crippen LogP contribution in [0.5, 0.6) is 11.5 Å². The number of nitrogens with zero attached hydrogens (tertiary/aromatic N) is 1. The Morgan fingerprint density at radius 2 is 1.59 bits per heavy atom. The van der Waals surface area contributed by atoms with Crippen molar-refractivity contribution in [2.24, 2.45) is 5.92 Å². The second kappa shape index (κ2) is 10.2. The van der Waals surface area contributed by atoms with Gasteiger partial charge in [0.1, 0.15) is 23.0 Å². The van der Waals surface area contributed by atoms with Gasteiger partial charge in [0.25, 0.3) is 0 Å². The summed E-state index contributed by atoms with van der Waals surface area (Å²) < 4.78 is 11.2. The normalized spacial score (nSPS) is 22.9. The highest BCUT2D eigenvalue weighted by Crippen LogP contribution is 2.59. The number of carbonyl (C=O) groups is 3. The molecule has 0 bridgehead atoms. The number of methoxy groups -OCH3 is 2. The highest BCUT2D eigenvalue weighted by Gasteiger charge is 2.70. The van der Waals surface area contributed by atoms with Crippen LogP contribution in [0.2, 0.25) is 0 Å². The highest BCUT2D eigenvalue weighted by atomic mass is 16.5. The molecule has 7 rings (SSSR count). The third-order valence-corrected chi connectivity index (χ3v) is 9.41. The van der Waals surface area contributed by atoms with Gasteiger partial charge in [-0.25, -0.2) is 0 Å². The molecule has 1 fully saturated rings. The zero-order chi connectivity index (χ0) is 30.7. The molecule has 0 saturated carbocycles. The van der Waals surface area contributed by atoms with E-state index in [0.717, 1.165) is 22.4 Å². The molecule has 7 nitrogen and oxygen atoms in total. The van der Waals surface area contributed by atoms with E-state index in [1.807, 2.05) is 73.3 Å². The Labute approximate surface area is 256 Å². The third kappa shape index (κ3) is 3.78. The van der Waals surface area contributed by atoms with Crippen molar-refractivity contribution in [3.63, 3.8) is 0 Å². The van der Waals surface area contributed by atoms with Crippen LogP contribution in [0.25, 0.3) is 5.57 Å². The van der Waals surface area contributed by atoms with E-state index in [-0.39, 0.29) is 23.0 Å². The minimum Gasteiger partial charge on any atom is -0.497 e. The topological polar surface area (TPSA) is 84.9 Å². The summed E-state index contributed by atoms with van der Waals surface area (Å²) in [7, 11) is 3.03. The molecule has 1 N–H and O–H groups in total. The summed E-state index contributed by atoms with van der Waals surface area (Å²) >= 11 is 0. The molecule has 7 heteroatoms. The Morgan fingerprint density at radius 3 is 2.34 bits per heavy atom.